The summed E-state index contributed by atoms with van der Waals surface area (Å²) < 4.78 is 0. The molecule has 0 aliphatic rings. The highest BCUT2D eigenvalue weighted by Gasteiger charge is 2.12. The first kappa shape index (κ1) is 10.5. The average molecular weight is 194 g/mol. The van der Waals surface area contributed by atoms with Crippen molar-refractivity contribution in [3.63, 3.8) is 0 Å². The van der Waals surface area contributed by atoms with E-state index in [0.717, 1.165) is 24.8 Å². The molecule has 1 aromatic carbocycles. The van der Waals surface area contributed by atoms with E-state index in [0.29, 0.717) is 5.69 Å². The van der Waals surface area contributed by atoms with E-state index in [4.69, 9.17) is 5.73 Å². The van der Waals surface area contributed by atoms with Crippen molar-refractivity contribution in [3.8, 4) is 0 Å². The first-order valence-electron chi connectivity index (χ1n) is 4.68. The standard InChI is InChI=1S/C10H14N2O2/c1-2-3-4-8-5-6-9(11)7-10(8)12(13)14/h5-7H,2-4,11H2,1H3. The average Bonchev–Trinajstić information content (AvgIpc) is 2.15. The summed E-state index contributed by atoms with van der Waals surface area (Å²) in [7, 11) is 0. The quantitative estimate of drug-likeness (QED) is 0.455. The van der Waals surface area contributed by atoms with E-state index in [1.807, 2.05) is 0 Å². The van der Waals surface area contributed by atoms with Gasteiger partial charge in [0.25, 0.3) is 5.69 Å². The number of nitro groups is 1. The van der Waals surface area contributed by atoms with Gasteiger partial charge in [0.05, 0.1) is 4.92 Å². The number of nitro benzene ring substituents is 1. The highest BCUT2D eigenvalue weighted by atomic mass is 16.6. The zero-order chi connectivity index (χ0) is 10.6. The molecule has 2 N–H and O–H groups in total. The van der Waals surface area contributed by atoms with Gasteiger partial charge >= 0.3 is 0 Å². The number of unbranched alkanes of at least 4 members (excludes halogenated alkanes) is 1. The minimum atomic E-state index is -0.374. The van der Waals surface area contributed by atoms with Crippen LogP contribution in [0.1, 0.15) is 25.3 Å². The minimum absolute atomic E-state index is 0.137. The van der Waals surface area contributed by atoms with Crippen LogP contribution in [0.3, 0.4) is 0 Å². The summed E-state index contributed by atoms with van der Waals surface area (Å²) in [5.74, 6) is 0. The smallest absolute Gasteiger partial charge is 0.274 e. The van der Waals surface area contributed by atoms with Gasteiger partial charge in [0.15, 0.2) is 0 Å². The van der Waals surface area contributed by atoms with Gasteiger partial charge in [0, 0.05) is 17.3 Å². The van der Waals surface area contributed by atoms with Crippen LogP contribution in [0, 0.1) is 10.1 Å². The molecule has 4 nitrogen and oxygen atoms in total. The number of aryl methyl sites for hydroxylation is 1. The molecule has 0 amide bonds. The molecule has 4 heteroatoms. The monoisotopic (exact) mass is 194 g/mol. The normalized spacial score (nSPS) is 10.1. The molecule has 1 aromatic rings. The third-order valence-electron chi connectivity index (χ3n) is 2.11. The van der Waals surface area contributed by atoms with Crippen LogP contribution < -0.4 is 5.73 Å². The Morgan fingerprint density at radius 3 is 2.79 bits per heavy atom. The molecule has 1 rings (SSSR count). The van der Waals surface area contributed by atoms with Gasteiger partial charge in [-0.2, -0.15) is 0 Å². The predicted molar refractivity (Wildman–Crippen MR) is 56.1 cm³/mol. The molecule has 0 saturated heterocycles. The number of nitrogen functional groups attached to an aromatic ring is 1. The molecule has 0 heterocycles. The number of hydrogen-bond donors (Lipinski definition) is 1. The van der Waals surface area contributed by atoms with E-state index >= 15 is 0 Å². The second kappa shape index (κ2) is 4.60. The molecule has 0 radical (unpaired) electrons. The summed E-state index contributed by atoms with van der Waals surface area (Å²) in [6, 6.07) is 4.87. The molecule has 0 fully saturated rings. The molecule has 0 aliphatic heterocycles. The molecule has 0 spiro atoms. The fraction of sp³-hybridized carbons (Fsp3) is 0.400. The summed E-state index contributed by atoms with van der Waals surface area (Å²) in [5.41, 5.74) is 6.84. The second-order valence-electron chi connectivity index (χ2n) is 3.25. The van der Waals surface area contributed by atoms with E-state index in [-0.39, 0.29) is 10.6 Å². The van der Waals surface area contributed by atoms with Crippen LogP contribution in [0.5, 0.6) is 0 Å². The van der Waals surface area contributed by atoms with Gasteiger partial charge in [0.2, 0.25) is 0 Å². The van der Waals surface area contributed by atoms with Crippen LogP contribution >= 0.6 is 0 Å². The fourth-order valence-corrected chi connectivity index (χ4v) is 1.33. The van der Waals surface area contributed by atoms with Crippen molar-refractivity contribution in [1.29, 1.82) is 0 Å². The lowest BCUT2D eigenvalue weighted by molar-refractivity contribution is -0.385. The first-order valence-corrected chi connectivity index (χ1v) is 4.68. The zero-order valence-electron chi connectivity index (χ0n) is 8.19. The molecule has 0 atom stereocenters. The Bertz CT molecular complexity index is 337. The van der Waals surface area contributed by atoms with Crippen molar-refractivity contribution < 1.29 is 4.92 Å². The van der Waals surface area contributed by atoms with E-state index in [1.54, 1.807) is 12.1 Å². The number of rotatable bonds is 4. The fourth-order valence-electron chi connectivity index (χ4n) is 1.33. The van der Waals surface area contributed by atoms with Gasteiger partial charge in [-0.05, 0) is 18.9 Å². The maximum Gasteiger partial charge on any atom is 0.274 e. The molecule has 0 unspecified atom stereocenters. The van der Waals surface area contributed by atoms with Crippen molar-refractivity contribution >= 4 is 11.4 Å². The maximum atomic E-state index is 10.7. The molecular formula is C10H14N2O2. The van der Waals surface area contributed by atoms with Crippen LogP contribution in [0.2, 0.25) is 0 Å². The molecule has 76 valence electrons. The number of nitrogens with two attached hydrogens (primary N) is 1. The van der Waals surface area contributed by atoms with Crippen LogP contribution in [0.4, 0.5) is 11.4 Å². The third-order valence-corrected chi connectivity index (χ3v) is 2.11. The lowest BCUT2D eigenvalue weighted by Crippen LogP contribution is -1.97. The maximum absolute atomic E-state index is 10.7. The molecule has 0 saturated carbocycles. The Morgan fingerprint density at radius 1 is 1.50 bits per heavy atom. The van der Waals surface area contributed by atoms with Crippen molar-refractivity contribution in [2.75, 3.05) is 5.73 Å². The Balaban J connectivity index is 2.96. The van der Waals surface area contributed by atoms with E-state index in [1.165, 1.54) is 6.07 Å². The van der Waals surface area contributed by atoms with Gasteiger partial charge < -0.3 is 5.73 Å². The van der Waals surface area contributed by atoms with Gasteiger partial charge in [-0.15, -0.1) is 0 Å². The van der Waals surface area contributed by atoms with Crippen molar-refractivity contribution in [3.05, 3.63) is 33.9 Å². The highest BCUT2D eigenvalue weighted by molar-refractivity contribution is 5.52. The zero-order valence-corrected chi connectivity index (χ0v) is 8.19. The van der Waals surface area contributed by atoms with Crippen LogP contribution in [-0.2, 0) is 6.42 Å². The van der Waals surface area contributed by atoms with Gasteiger partial charge in [0.1, 0.15) is 0 Å². The number of nitrogens with zero attached hydrogens (tertiary/aromatic N) is 1. The summed E-state index contributed by atoms with van der Waals surface area (Å²) in [6.45, 7) is 2.06. The molecule has 0 aliphatic carbocycles. The number of anilines is 1. The van der Waals surface area contributed by atoms with Gasteiger partial charge in [-0.3, -0.25) is 10.1 Å². The van der Waals surface area contributed by atoms with Gasteiger partial charge in [-0.1, -0.05) is 19.4 Å². The van der Waals surface area contributed by atoms with Crippen molar-refractivity contribution in [1.82, 2.24) is 0 Å². The topological polar surface area (TPSA) is 69.2 Å². The summed E-state index contributed by atoms with van der Waals surface area (Å²) in [5, 5.41) is 10.7. The summed E-state index contributed by atoms with van der Waals surface area (Å²) in [6.07, 6.45) is 2.74. The summed E-state index contributed by atoms with van der Waals surface area (Å²) in [4.78, 5) is 10.3. The Morgan fingerprint density at radius 2 is 2.21 bits per heavy atom. The molecule has 14 heavy (non-hydrogen) atoms. The van der Waals surface area contributed by atoms with Crippen molar-refractivity contribution in [2.45, 2.75) is 26.2 Å². The molecular weight excluding hydrogens is 180 g/mol. The second-order valence-corrected chi connectivity index (χ2v) is 3.25. The van der Waals surface area contributed by atoms with Crippen LogP contribution in [0.15, 0.2) is 18.2 Å². The van der Waals surface area contributed by atoms with E-state index in [9.17, 15) is 10.1 Å². The number of benzene rings is 1. The van der Waals surface area contributed by atoms with Crippen LogP contribution in [0.25, 0.3) is 0 Å². The lowest BCUT2D eigenvalue weighted by Gasteiger charge is -2.02. The Hall–Kier alpha value is -1.58. The van der Waals surface area contributed by atoms with Gasteiger partial charge in [-0.25, -0.2) is 0 Å². The highest BCUT2D eigenvalue weighted by Crippen LogP contribution is 2.23. The SMILES string of the molecule is CCCCc1ccc(N)cc1[N+](=O)[O-]. The number of hydrogen-bond acceptors (Lipinski definition) is 3. The largest absolute Gasteiger partial charge is 0.399 e. The van der Waals surface area contributed by atoms with Crippen molar-refractivity contribution in [2.24, 2.45) is 0 Å². The Labute approximate surface area is 82.9 Å². The summed E-state index contributed by atoms with van der Waals surface area (Å²) >= 11 is 0. The predicted octanol–water partition coefficient (Wildman–Crippen LogP) is 2.52. The van der Waals surface area contributed by atoms with E-state index < -0.39 is 0 Å². The Kier molecular flexibility index (Phi) is 3.45. The first-order chi connectivity index (χ1) is 6.65. The molecule has 0 aromatic heterocycles. The lowest BCUT2D eigenvalue weighted by atomic mass is 10.1. The minimum Gasteiger partial charge on any atom is -0.399 e. The molecule has 0 bridgehead atoms. The third kappa shape index (κ3) is 2.45. The van der Waals surface area contributed by atoms with Crippen LogP contribution in [-0.4, -0.2) is 4.92 Å². The van der Waals surface area contributed by atoms with E-state index in [2.05, 4.69) is 6.92 Å².